The number of nitrogens with one attached hydrogen (secondary N) is 1. The molecule has 0 unspecified atom stereocenters. The maximum Gasteiger partial charge on any atom is 0.270 e. The number of rotatable bonds is 11. The van der Waals surface area contributed by atoms with E-state index in [4.69, 9.17) is 23.2 Å². The van der Waals surface area contributed by atoms with Gasteiger partial charge in [-0.1, -0.05) is 6.92 Å². The summed E-state index contributed by atoms with van der Waals surface area (Å²) < 4.78 is 0. The summed E-state index contributed by atoms with van der Waals surface area (Å²) in [6.07, 6.45) is 0.451. The molecule has 1 amide bonds. The fourth-order valence-electron chi connectivity index (χ4n) is 3.18. The Morgan fingerprint density at radius 1 is 1.12 bits per heavy atom. The first-order valence-corrected chi connectivity index (χ1v) is 11.8. The average Bonchev–Trinajstić information content (AvgIpc) is 2.85. The van der Waals surface area contributed by atoms with Gasteiger partial charge < -0.3 is 10.2 Å². The Morgan fingerprint density at radius 2 is 1.74 bits per heavy atom. The molecule has 0 radical (unpaired) electrons. The first-order chi connectivity index (χ1) is 16.3. The molecule has 0 aliphatic rings. The number of amides is 1. The molecule has 180 valence electrons. The second-order valence-electron chi connectivity index (χ2n) is 7.50. The van der Waals surface area contributed by atoms with Crippen molar-refractivity contribution in [2.75, 3.05) is 35.1 Å². The highest BCUT2D eigenvalue weighted by molar-refractivity contribution is 6.25. The van der Waals surface area contributed by atoms with Gasteiger partial charge >= 0.3 is 0 Å². The molecule has 0 atom stereocenters. The van der Waals surface area contributed by atoms with Crippen molar-refractivity contribution in [1.29, 1.82) is 5.26 Å². The second-order valence-corrected chi connectivity index (χ2v) is 8.03. The van der Waals surface area contributed by atoms with Gasteiger partial charge in [-0.2, -0.15) is 5.26 Å². The molecule has 1 N–H and O–H groups in total. The Hall–Kier alpha value is -3.22. The lowest BCUT2D eigenvalue weighted by Crippen LogP contribution is -2.39. The van der Waals surface area contributed by atoms with E-state index >= 15 is 0 Å². The van der Waals surface area contributed by atoms with E-state index in [2.05, 4.69) is 20.4 Å². The highest BCUT2D eigenvalue weighted by Gasteiger charge is 2.35. The monoisotopic (exact) mass is 504 g/mol. The van der Waals surface area contributed by atoms with Crippen LogP contribution in [0.2, 0.25) is 0 Å². The fourth-order valence-corrected chi connectivity index (χ4v) is 4.09. The highest BCUT2D eigenvalue weighted by Crippen LogP contribution is 2.35. The van der Waals surface area contributed by atoms with Crippen molar-refractivity contribution in [3.63, 3.8) is 0 Å². The third kappa shape index (κ3) is 6.01. The number of azo groups is 1. The van der Waals surface area contributed by atoms with Gasteiger partial charge in [-0.05, 0) is 44.5 Å². The van der Waals surface area contributed by atoms with E-state index in [-0.39, 0.29) is 34.6 Å². The van der Waals surface area contributed by atoms with E-state index in [0.29, 0.717) is 17.8 Å². The van der Waals surface area contributed by atoms with Crippen LogP contribution in [0, 0.1) is 26.9 Å². The quantitative estimate of drug-likeness (QED) is 0.161. The standard InChI is InChI=1S/C23H26Cl2N6O3/c1-4-23(14-24,15-25)22(32)27-21-12-17(30(5-2)6-3)7-10-20(21)29-28-19-9-8-18(31(33)34)11-16(19)13-26/h7-12H,4-6,14-15H2,1-3H3,(H,27,32). The number of anilines is 2. The molecule has 34 heavy (non-hydrogen) atoms. The Kier molecular flexibility index (Phi) is 9.78. The number of benzene rings is 2. The number of carbonyl (C=O) groups is 1. The number of nitriles is 1. The molecule has 0 saturated heterocycles. The van der Waals surface area contributed by atoms with Crippen molar-refractivity contribution in [1.82, 2.24) is 0 Å². The Labute approximate surface area is 208 Å². The molecule has 9 nitrogen and oxygen atoms in total. The number of nitro groups is 1. The minimum Gasteiger partial charge on any atom is -0.372 e. The predicted octanol–water partition coefficient (Wildman–Crippen LogP) is 6.54. The van der Waals surface area contributed by atoms with E-state index in [0.717, 1.165) is 24.8 Å². The summed E-state index contributed by atoms with van der Waals surface area (Å²) in [5, 5.41) is 31.6. The van der Waals surface area contributed by atoms with E-state index in [1.54, 1.807) is 12.1 Å². The first-order valence-electron chi connectivity index (χ1n) is 10.7. The largest absolute Gasteiger partial charge is 0.372 e. The topological polar surface area (TPSA) is 124 Å². The number of nitrogens with zero attached hydrogens (tertiary/aromatic N) is 5. The van der Waals surface area contributed by atoms with Crippen LogP contribution in [0.15, 0.2) is 46.6 Å². The normalized spacial score (nSPS) is 11.3. The molecule has 11 heteroatoms. The number of alkyl halides is 2. The van der Waals surface area contributed by atoms with Crippen LogP contribution in [0.5, 0.6) is 0 Å². The average molecular weight is 505 g/mol. The minimum atomic E-state index is -0.949. The van der Waals surface area contributed by atoms with Crippen LogP contribution < -0.4 is 10.2 Å². The van der Waals surface area contributed by atoms with E-state index in [1.807, 2.05) is 32.9 Å². The van der Waals surface area contributed by atoms with Gasteiger partial charge in [-0.3, -0.25) is 14.9 Å². The van der Waals surface area contributed by atoms with Crippen LogP contribution in [0.25, 0.3) is 0 Å². The summed E-state index contributed by atoms with van der Waals surface area (Å²) in [6.45, 7) is 7.42. The lowest BCUT2D eigenvalue weighted by Gasteiger charge is -2.27. The van der Waals surface area contributed by atoms with Crippen LogP contribution >= 0.6 is 23.2 Å². The fraction of sp³-hybridized carbons (Fsp3) is 0.391. The van der Waals surface area contributed by atoms with Crippen molar-refractivity contribution in [2.24, 2.45) is 15.6 Å². The summed E-state index contributed by atoms with van der Waals surface area (Å²) in [6, 6.07) is 11.0. The van der Waals surface area contributed by atoms with Crippen LogP contribution in [0.3, 0.4) is 0 Å². The Morgan fingerprint density at radius 3 is 2.26 bits per heavy atom. The smallest absolute Gasteiger partial charge is 0.270 e. The predicted molar refractivity (Wildman–Crippen MR) is 135 cm³/mol. The first kappa shape index (κ1) is 27.0. The molecule has 0 aromatic heterocycles. The molecule has 0 spiro atoms. The molecule has 0 saturated carbocycles. The zero-order valence-corrected chi connectivity index (χ0v) is 20.7. The zero-order valence-electron chi connectivity index (χ0n) is 19.2. The maximum absolute atomic E-state index is 13.1. The minimum absolute atomic E-state index is 0.0116. The lowest BCUT2D eigenvalue weighted by atomic mass is 9.88. The molecule has 2 aromatic rings. The van der Waals surface area contributed by atoms with Gasteiger partial charge in [0.1, 0.15) is 17.4 Å². The van der Waals surface area contributed by atoms with Gasteiger partial charge in [0.2, 0.25) is 5.91 Å². The van der Waals surface area contributed by atoms with Gasteiger partial charge in [-0.15, -0.1) is 33.4 Å². The number of hydrogen-bond acceptors (Lipinski definition) is 7. The van der Waals surface area contributed by atoms with Gasteiger partial charge in [-0.25, -0.2) is 0 Å². The van der Waals surface area contributed by atoms with Gasteiger partial charge in [0, 0.05) is 42.7 Å². The van der Waals surface area contributed by atoms with Crippen molar-refractivity contribution >= 4 is 57.5 Å². The number of halogens is 2. The molecule has 2 rings (SSSR count). The van der Waals surface area contributed by atoms with Crippen LogP contribution in [0.4, 0.5) is 28.4 Å². The molecule has 0 fully saturated rings. The third-order valence-electron chi connectivity index (χ3n) is 5.60. The van der Waals surface area contributed by atoms with Gasteiger partial charge in [0.15, 0.2) is 0 Å². The molecular weight excluding hydrogens is 479 g/mol. The Balaban J connectivity index is 2.52. The summed E-state index contributed by atoms with van der Waals surface area (Å²) >= 11 is 12.2. The molecule has 0 heterocycles. The van der Waals surface area contributed by atoms with E-state index < -0.39 is 10.3 Å². The third-order valence-corrected chi connectivity index (χ3v) is 6.63. The van der Waals surface area contributed by atoms with Crippen molar-refractivity contribution < 1.29 is 9.72 Å². The van der Waals surface area contributed by atoms with Gasteiger partial charge in [0.25, 0.3) is 5.69 Å². The van der Waals surface area contributed by atoms with Crippen LogP contribution in [-0.4, -0.2) is 35.7 Å². The second kappa shape index (κ2) is 12.3. The SMILES string of the molecule is CCN(CC)c1ccc(N=Nc2ccc([N+](=O)[O-])cc2C#N)c(NC(=O)C(CC)(CCl)CCl)c1. The number of carbonyl (C=O) groups excluding carboxylic acids is 1. The molecule has 0 aliphatic heterocycles. The van der Waals surface area contributed by atoms with Crippen molar-refractivity contribution in [2.45, 2.75) is 27.2 Å². The van der Waals surface area contributed by atoms with Crippen LogP contribution in [-0.2, 0) is 4.79 Å². The molecule has 0 aliphatic carbocycles. The zero-order chi connectivity index (χ0) is 25.3. The summed E-state index contributed by atoms with van der Waals surface area (Å²) in [5.74, 6) is -0.222. The lowest BCUT2D eigenvalue weighted by molar-refractivity contribution is -0.384. The van der Waals surface area contributed by atoms with E-state index in [1.165, 1.54) is 12.1 Å². The summed E-state index contributed by atoms with van der Waals surface area (Å²) in [7, 11) is 0. The van der Waals surface area contributed by atoms with Crippen LogP contribution in [0.1, 0.15) is 32.8 Å². The van der Waals surface area contributed by atoms with E-state index in [9.17, 15) is 20.2 Å². The molecule has 2 aromatic carbocycles. The number of non-ortho nitro benzene ring substituents is 1. The summed E-state index contributed by atoms with van der Waals surface area (Å²) in [4.78, 5) is 25.6. The summed E-state index contributed by atoms with van der Waals surface area (Å²) in [5.41, 5.74) is 0.651. The Bertz CT molecular complexity index is 1100. The molecule has 0 bridgehead atoms. The van der Waals surface area contributed by atoms with Crippen molar-refractivity contribution in [3.8, 4) is 6.07 Å². The number of nitro benzene ring substituents is 1. The molecular formula is C23H26Cl2N6O3. The maximum atomic E-state index is 13.1. The number of hydrogen-bond donors (Lipinski definition) is 1. The highest BCUT2D eigenvalue weighted by atomic mass is 35.5. The van der Waals surface area contributed by atoms with Gasteiger partial charge in [0.05, 0.1) is 21.6 Å². The van der Waals surface area contributed by atoms with Crippen molar-refractivity contribution in [3.05, 3.63) is 52.1 Å².